The summed E-state index contributed by atoms with van der Waals surface area (Å²) < 4.78 is 0. The Kier molecular flexibility index (Phi) is 3.68. The molecule has 1 aliphatic heterocycles. The molecule has 21 heavy (non-hydrogen) atoms. The fourth-order valence-electron chi connectivity index (χ4n) is 2.85. The monoisotopic (exact) mass is 305 g/mol. The number of nitrogens with zero attached hydrogens (tertiary/aromatic N) is 3. The lowest BCUT2D eigenvalue weighted by atomic mass is 10.2. The van der Waals surface area contributed by atoms with Gasteiger partial charge in [0.05, 0.1) is 23.5 Å². The number of piperazine rings is 1. The molecular formula is C15H16ClN3O2. The van der Waals surface area contributed by atoms with E-state index in [1.54, 1.807) is 18.3 Å². The van der Waals surface area contributed by atoms with Crippen LogP contribution in [-0.4, -0.2) is 51.8 Å². The van der Waals surface area contributed by atoms with Crippen LogP contribution in [0, 0.1) is 0 Å². The van der Waals surface area contributed by atoms with E-state index in [2.05, 4.69) is 11.6 Å². The molecule has 2 heterocycles. The van der Waals surface area contributed by atoms with Crippen LogP contribution in [-0.2, 0) is 16.0 Å². The zero-order valence-electron chi connectivity index (χ0n) is 11.5. The van der Waals surface area contributed by atoms with Crippen LogP contribution in [0.3, 0.4) is 0 Å². The fraction of sp³-hybridized carbons (Fsp3) is 0.400. The van der Waals surface area contributed by atoms with Crippen LogP contribution in [0.5, 0.6) is 0 Å². The van der Waals surface area contributed by atoms with Crippen molar-refractivity contribution in [1.82, 2.24) is 14.8 Å². The second kappa shape index (κ2) is 5.48. The topological polar surface area (TPSA) is 53.5 Å². The molecule has 5 nitrogen and oxygen atoms in total. The van der Waals surface area contributed by atoms with Gasteiger partial charge in [-0.1, -0.05) is 18.2 Å². The molecule has 2 fully saturated rings. The van der Waals surface area contributed by atoms with Crippen LogP contribution in [0.15, 0.2) is 31.0 Å². The van der Waals surface area contributed by atoms with Crippen molar-refractivity contribution in [3.8, 4) is 0 Å². The Bertz CT molecular complexity index is 587. The van der Waals surface area contributed by atoms with E-state index in [1.807, 2.05) is 9.80 Å². The van der Waals surface area contributed by atoms with Crippen molar-refractivity contribution in [3.63, 3.8) is 0 Å². The number of hydrogen-bond donors (Lipinski definition) is 0. The molecule has 110 valence electrons. The smallest absolute Gasteiger partial charge is 0.246 e. The lowest BCUT2D eigenvalue weighted by molar-refractivity contribution is -0.137. The SMILES string of the molecule is C=CC(=O)N1CCN(C(=O)Cc2ccc(Cl)cn2)C2CC21. The standard InChI is InChI=1S/C15H16ClN3O2/c1-2-14(20)18-5-6-19(13-8-12(13)18)15(21)7-11-4-3-10(16)9-17-11/h2-4,9,12-13H,1,5-8H2. The summed E-state index contributed by atoms with van der Waals surface area (Å²) in [5, 5.41) is 0.560. The Balaban J connectivity index is 1.62. The van der Waals surface area contributed by atoms with E-state index in [0.717, 1.165) is 6.42 Å². The summed E-state index contributed by atoms with van der Waals surface area (Å²) >= 11 is 5.78. The number of halogens is 1. The largest absolute Gasteiger partial charge is 0.335 e. The minimum atomic E-state index is -0.0473. The number of fused-ring (bicyclic) bond motifs is 1. The lowest BCUT2D eigenvalue weighted by Crippen LogP contribution is -2.50. The fourth-order valence-corrected chi connectivity index (χ4v) is 2.97. The normalized spacial score (nSPS) is 23.5. The molecule has 3 rings (SSSR count). The molecule has 0 spiro atoms. The van der Waals surface area contributed by atoms with Crippen LogP contribution in [0.1, 0.15) is 12.1 Å². The third-order valence-corrected chi connectivity index (χ3v) is 4.23. The van der Waals surface area contributed by atoms with Crippen LogP contribution in [0.4, 0.5) is 0 Å². The highest BCUT2D eigenvalue weighted by molar-refractivity contribution is 6.30. The van der Waals surface area contributed by atoms with Crippen LogP contribution >= 0.6 is 11.6 Å². The van der Waals surface area contributed by atoms with Crippen LogP contribution < -0.4 is 0 Å². The van der Waals surface area contributed by atoms with Gasteiger partial charge in [-0.15, -0.1) is 0 Å². The number of hydrogen-bond acceptors (Lipinski definition) is 3. The zero-order chi connectivity index (χ0) is 15.0. The predicted molar refractivity (Wildman–Crippen MR) is 78.8 cm³/mol. The van der Waals surface area contributed by atoms with Crippen molar-refractivity contribution in [2.45, 2.75) is 24.9 Å². The van der Waals surface area contributed by atoms with Gasteiger partial charge in [0.15, 0.2) is 0 Å². The van der Waals surface area contributed by atoms with E-state index in [9.17, 15) is 9.59 Å². The Morgan fingerprint density at radius 2 is 2.05 bits per heavy atom. The van der Waals surface area contributed by atoms with Gasteiger partial charge >= 0.3 is 0 Å². The maximum Gasteiger partial charge on any atom is 0.246 e. The molecule has 2 amide bonds. The van der Waals surface area contributed by atoms with Crippen molar-refractivity contribution in [2.24, 2.45) is 0 Å². The lowest BCUT2D eigenvalue weighted by Gasteiger charge is -2.33. The number of carbonyl (C=O) groups excluding carboxylic acids is 2. The number of amides is 2. The Labute approximate surface area is 128 Å². The minimum absolute atomic E-state index is 0.0473. The Morgan fingerprint density at radius 1 is 1.33 bits per heavy atom. The molecule has 2 atom stereocenters. The maximum absolute atomic E-state index is 12.4. The molecule has 1 saturated heterocycles. The van der Waals surface area contributed by atoms with Crippen LogP contribution in [0.2, 0.25) is 5.02 Å². The second-order valence-corrected chi connectivity index (χ2v) is 5.77. The molecule has 0 aromatic carbocycles. The molecule has 2 unspecified atom stereocenters. The highest BCUT2D eigenvalue weighted by atomic mass is 35.5. The van der Waals surface area contributed by atoms with Gasteiger partial charge in [0.25, 0.3) is 0 Å². The van der Waals surface area contributed by atoms with Crippen LogP contribution in [0.25, 0.3) is 0 Å². The first kappa shape index (κ1) is 14.1. The summed E-state index contributed by atoms with van der Waals surface area (Å²) in [6, 6.07) is 3.81. The number of rotatable bonds is 3. The van der Waals surface area contributed by atoms with Crippen molar-refractivity contribution < 1.29 is 9.59 Å². The van der Waals surface area contributed by atoms with Gasteiger partial charge in [0.1, 0.15) is 0 Å². The molecule has 1 saturated carbocycles. The van der Waals surface area contributed by atoms with Gasteiger partial charge in [-0.2, -0.15) is 0 Å². The van der Waals surface area contributed by atoms with Gasteiger partial charge in [-0.05, 0) is 24.6 Å². The molecular weight excluding hydrogens is 290 g/mol. The van der Waals surface area contributed by atoms with Crippen molar-refractivity contribution in [2.75, 3.05) is 13.1 Å². The van der Waals surface area contributed by atoms with E-state index < -0.39 is 0 Å². The summed E-state index contributed by atoms with van der Waals surface area (Å²) in [6.07, 6.45) is 4.02. The van der Waals surface area contributed by atoms with Crippen molar-refractivity contribution >= 4 is 23.4 Å². The molecule has 1 aromatic rings. The first-order valence-corrected chi connectivity index (χ1v) is 7.31. The van der Waals surface area contributed by atoms with Gasteiger partial charge in [0.2, 0.25) is 11.8 Å². The molecule has 0 radical (unpaired) electrons. The minimum Gasteiger partial charge on any atom is -0.335 e. The highest BCUT2D eigenvalue weighted by Crippen LogP contribution is 2.37. The van der Waals surface area contributed by atoms with E-state index in [1.165, 1.54) is 6.08 Å². The van der Waals surface area contributed by atoms with Crippen molar-refractivity contribution in [3.05, 3.63) is 41.7 Å². The van der Waals surface area contributed by atoms with E-state index in [0.29, 0.717) is 23.8 Å². The Hall–Kier alpha value is -1.88. The highest BCUT2D eigenvalue weighted by Gasteiger charge is 2.51. The summed E-state index contributed by atoms with van der Waals surface area (Å²) in [7, 11) is 0. The molecule has 6 heteroatoms. The summed E-state index contributed by atoms with van der Waals surface area (Å²) in [5.74, 6) is 0.0111. The molecule has 2 aliphatic rings. The number of aromatic nitrogens is 1. The van der Waals surface area contributed by atoms with Gasteiger partial charge in [-0.3, -0.25) is 14.6 Å². The Morgan fingerprint density at radius 3 is 2.71 bits per heavy atom. The molecule has 0 N–H and O–H groups in total. The van der Waals surface area contributed by atoms with E-state index >= 15 is 0 Å². The number of carbonyl (C=O) groups is 2. The molecule has 1 aliphatic carbocycles. The third-order valence-electron chi connectivity index (χ3n) is 4.01. The first-order chi connectivity index (χ1) is 10.1. The van der Waals surface area contributed by atoms with Gasteiger partial charge in [0, 0.05) is 25.0 Å². The summed E-state index contributed by atoms with van der Waals surface area (Å²) in [6.45, 7) is 4.67. The summed E-state index contributed by atoms with van der Waals surface area (Å²) in [5.41, 5.74) is 0.714. The second-order valence-electron chi connectivity index (χ2n) is 5.34. The predicted octanol–water partition coefficient (Wildman–Crippen LogP) is 1.28. The van der Waals surface area contributed by atoms with Crippen molar-refractivity contribution in [1.29, 1.82) is 0 Å². The van der Waals surface area contributed by atoms with E-state index in [4.69, 9.17) is 11.6 Å². The molecule has 0 bridgehead atoms. The van der Waals surface area contributed by atoms with Gasteiger partial charge in [-0.25, -0.2) is 0 Å². The average Bonchev–Trinajstić information content (AvgIpc) is 3.28. The first-order valence-electron chi connectivity index (χ1n) is 6.93. The van der Waals surface area contributed by atoms with E-state index in [-0.39, 0.29) is 30.3 Å². The third kappa shape index (κ3) is 2.78. The van der Waals surface area contributed by atoms with Gasteiger partial charge < -0.3 is 9.80 Å². The maximum atomic E-state index is 12.4. The zero-order valence-corrected chi connectivity index (χ0v) is 12.3. The number of pyridine rings is 1. The molecule has 1 aromatic heterocycles. The summed E-state index contributed by atoms with van der Waals surface area (Å²) in [4.78, 5) is 31.9. The quantitative estimate of drug-likeness (QED) is 0.790. The average molecular weight is 306 g/mol.